The number of carbonyl (C=O) groups excluding carboxylic acids is 1. The monoisotopic (exact) mass is 933 g/mol. The summed E-state index contributed by atoms with van der Waals surface area (Å²) in [6.07, 6.45) is 63.1. The van der Waals surface area contributed by atoms with Crippen molar-refractivity contribution in [2.45, 2.75) is 251 Å². The lowest BCUT2D eigenvalue weighted by Crippen LogP contribution is -2.45. The van der Waals surface area contributed by atoms with Gasteiger partial charge in [-0.25, -0.2) is 0 Å². The maximum absolute atomic E-state index is 12.9. The van der Waals surface area contributed by atoms with E-state index in [1.54, 1.807) is 6.08 Å². The second-order valence-corrected chi connectivity index (χ2v) is 21.0. The molecule has 3 atom stereocenters. The number of nitrogens with zero attached hydrogens (tertiary/aromatic N) is 1. The van der Waals surface area contributed by atoms with E-state index in [2.05, 4.69) is 67.8 Å². The first-order valence-electron chi connectivity index (χ1n) is 27.2. The first-order chi connectivity index (χ1) is 31.5. The number of phosphoric ester groups is 1. The average molecular weight is 933 g/mol. The quantitative estimate of drug-likeness (QED) is 0.0272. The van der Waals surface area contributed by atoms with E-state index in [9.17, 15) is 19.4 Å². The van der Waals surface area contributed by atoms with Crippen molar-refractivity contribution in [3.63, 3.8) is 0 Å². The molecule has 0 saturated carbocycles. The van der Waals surface area contributed by atoms with Crippen LogP contribution < -0.4 is 10.2 Å². The molecule has 0 radical (unpaired) electrons. The topological polar surface area (TPSA) is 108 Å². The van der Waals surface area contributed by atoms with Crippen LogP contribution in [0.1, 0.15) is 239 Å². The minimum Gasteiger partial charge on any atom is -0.756 e. The van der Waals surface area contributed by atoms with Gasteiger partial charge in [-0.1, -0.05) is 229 Å². The number of quaternary nitrogens is 1. The molecule has 0 aliphatic rings. The van der Waals surface area contributed by atoms with Gasteiger partial charge >= 0.3 is 0 Å². The number of aliphatic hydroxyl groups is 1. The van der Waals surface area contributed by atoms with Crippen molar-refractivity contribution < 1.29 is 32.9 Å². The summed E-state index contributed by atoms with van der Waals surface area (Å²) in [4.78, 5) is 25.4. The van der Waals surface area contributed by atoms with Crippen LogP contribution in [-0.4, -0.2) is 68.5 Å². The Bertz CT molecular complexity index is 1240. The Morgan fingerprint density at radius 3 is 1.43 bits per heavy atom. The minimum atomic E-state index is -4.61. The summed E-state index contributed by atoms with van der Waals surface area (Å²) >= 11 is 0. The lowest BCUT2D eigenvalue weighted by Gasteiger charge is -2.29. The summed E-state index contributed by atoms with van der Waals surface area (Å²) in [7, 11) is 1.23. The van der Waals surface area contributed by atoms with E-state index in [1.165, 1.54) is 141 Å². The summed E-state index contributed by atoms with van der Waals surface area (Å²) < 4.78 is 23.3. The van der Waals surface area contributed by atoms with Gasteiger partial charge in [0, 0.05) is 6.42 Å². The van der Waals surface area contributed by atoms with Gasteiger partial charge in [-0.3, -0.25) is 9.36 Å². The predicted molar refractivity (Wildman–Crippen MR) is 279 cm³/mol. The number of amides is 1. The number of phosphoric acid groups is 1. The molecule has 0 fully saturated rings. The molecule has 380 valence electrons. The number of aliphatic hydroxyl groups excluding tert-OH is 1. The zero-order chi connectivity index (χ0) is 47.8. The summed E-state index contributed by atoms with van der Waals surface area (Å²) in [6.45, 7) is 4.51. The van der Waals surface area contributed by atoms with Crippen LogP contribution in [0.4, 0.5) is 0 Å². The maximum Gasteiger partial charge on any atom is 0.268 e. The molecule has 9 heteroatoms. The van der Waals surface area contributed by atoms with Gasteiger partial charge < -0.3 is 28.8 Å². The summed E-state index contributed by atoms with van der Waals surface area (Å²) in [6, 6.07) is -0.915. The summed E-state index contributed by atoms with van der Waals surface area (Å²) in [5.41, 5.74) is 0. The highest BCUT2D eigenvalue weighted by Gasteiger charge is 2.23. The molecule has 0 aliphatic carbocycles. The van der Waals surface area contributed by atoms with Gasteiger partial charge in [0.1, 0.15) is 13.2 Å². The van der Waals surface area contributed by atoms with E-state index in [-0.39, 0.29) is 12.5 Å². The smallest absolute Gasteiger partial charge is 0.268 e. The summed E-state index contributed by atoms with van der Waals surface area (Å²) in [5.74, 6) is -0.225. The SMILES string of the molecule is CC/C=C\C/C=C\C/C=C\CCCCCCCC(=O)NC(COP(=O)([O-])OCC[N+](C)(C)C)C(O)/C=C/CC/C=C/CCCCCCCCCCCCCCCCCCCCCCCC. The Morgan fingerprint density at radius 2 is 0.954 bits per heavy atom. The molecule has 0 spiro atoms. The van der Waals surface area contributed by atoms with Gasteiger partial charge in [-0.15, -0.1) is 0 Å². The zero-order valence-electron chi connectivity index (χ0n) is 43.2. The summed E-state index contributed by atoms with van der Waals surface area (Å²) in [5, 5.41) is 13.8. The fraction of sp³-hybridized carbons (Fsp3) is 0.804. The fourth-order valence-electron chi connectivity index (χ4n) is 7.71. The molecule has 0 saturated heterocycles. The largest absolute Gasteiger partial charge is 0.756 e. The average Bonchev–Trinajstić information content (AvgIpc) is 3.26. The van der Waals surface area contributed by atoms with Crippen molar-refractivity contribution >= 4 is 13.7 Å². The standard InChI is InChI=1S/C56H105N2O6P/c1-6-8-10-12-14-16-18-20-22-23-24-25-26-27-28-29-30-31-32-33-34-36-37-39-41-43-45-47-49-55(59)54(53-64-65(61,62)63-52-51-58(3,4)5)57-56(60)50-48-46-44-42-40-38-35-21-19-17-15-13-11-9-7-2/h9,11,15,17,21,35,39,41,47,49,54-55,59H,6-8,10,12-14,16,18-20,22-34,36-38,40,42-46,48,50-53H2,1-5H3,(H-,57,60,61,62)/b11-9-,17-15-,35-21-,41-39+,49-47+. The van der Waals surface area contributed by atoms with Crippen LogP contribution >= 0.6 is 7.82 Å². The molecule has 0 aromatic rings. The molecule has 0 aromatic carbocycles. The van der Waals surface area contributed by atoms with Crippen LogP contribution in [0.15, 0.2) is 60.8 Å². The normalized spacial score (nSPS) is 14.5. The number of nitrogens with one attached hydrogen (secondary N) is 1. The van der Waals surface area contributed by atoms with Crippen LogP contribution in [0.5, 0.6) is 0 Å². The third-order valence-corrected chi connectivity index (χ3v) is 12.9. The Kier molecular flexibility index (Phi) is 46.0. The van der Waals surface area contributed by atoms with Crippen molar-refractivity contribution in [1.29, 1.82) is 0 Å². The Balaban J connectivity index is 4.24. The van der Waals surface area contributed by atoms with Gasteiger partial charge in [0.05, 0.1) is 39.9 Å². The van der Waals surface area contributed by atoms with Gasteiger partial charge in [-0.05, 0) is 64.2 Å². The molecule has 0 aliphatic heterocycles. The highest BCUT2D eigenvalue weighted by Crippen LogP contribution is 2.38. The Hall–Kier alpha value is -1.80. The van der Waals surface area contributed by atoms with Gasteiger partial charge in [-0.2, -0.15) is 0 Å². The first-order valence-corrected chi connectivity index (χ1v) is 28.6. The van der Waals surface area contributed by atoms with E-state index in [4.69, 9.17) is 9.05 Å². The molecular formula is C56H105N2O6P. The molecular weight excluding hydrogens is 828 g/mol. The van der Waals surface area contributed by atoms with Crippen molar-refractivity contribution in [2.75, 3.05) is 40.9 Å². The van der Waals surface area contributed by atoms with E-state index in [1.807, 2.05) is 27.2 Å². The Morgan fingerprint density at radius 1 is 0.554 bits per heavy atom. The highest BCUT2D eigenvalue weighted by atomic mass is 31.2. The second kappa shape index (κ2) is 47.3. The fourth-order valence-corrected chi connectivity index (χ4v) is 8.44. The number of carbonyl (C=O) groups is 1. The number of rotatable bonds is 49. The molecule has 8 nitrogen and oxygen atoms in total. The lowest BCUT2D eigenvalue weighted by molar-refractivity contribution is -0.870. The highest BCUT2D eigenvalue weighted by molar-refractivity contribution is 7.45. The first kappa shape index (κ1) is 63.2. The number of hydrogen-bond donors (Lipinski definition) is 2. The van der Waals surface area contributed by atoms with Crippen molar-refractivity contribution in [1.82, 2.24) is 5.32 Å². The van der Waals surface area contributed by atoms with E-state index in [0.29, 0.717) is 17.4 Å². The zero-order valence-corrected chi connectivity index (χ0v) is 44.1. The molecule has 0 bridgehead atoms. The number of unbranched alkanes of at least 4 members (excludes halogenated alkanes) is 28. The van der Waals surface area contributed by atoms with Crippen molar-refractivity contribution in [3.05, 3.63) is 60.8 Å². The Labute approximate surface area is 402 Å². The van der Waals surface area contributed by atoms with Crippen LogP contribution in [0.3, 0.4) is 0 Å². The molecule has 0 rings (SSSR count). The van der Waals surface area contributed by atoms with Gasteiger partial charge in [0.15, 0.2) is 0 Å². The van der Waals surface area contributed by atoms with Crippen LogP contribution in [0.25, 0.3) is 0 Å². The van der Waals surface area contributed by atoms with Gasteiger partial charge in [0.2, 0.25) is 5.91 Å². The third-order valence-electron chi connectivity index (χ3n) is 12.0. The second-order valence-electron chi connectivity index (χ2n) is 19.5. The van der Waals surface area contributed by atoms with Crippen molar-refractivity contribution in [2.24, 2.45) is 0 Å². The molecule has 3 unspecified atom stereocenters. The number of hydrogen-bond acceptors (Lipinski definition) is 6. The molecule has 0 heterocycles. The van der Waals surface area contributed by atoms with E-state index in [0.717, 1.165) is 77.0 Å². The van der Waals surface area contributed by atoms with E-state index >= 15 is 0 Å². The van der Waals surface area contributed by atoms with Crippen LogP contribution in [-0.2, 0) is 18.4 Å². The molecule has 65 heavy (non-hydrogen) atoms. The van der Waals surface area contributed by atoms with Crippen LogP contribution in [0, 0.1) is 0 Å². The molecule has 0 aromatic heterocycles. The van der Waals surface area contributed by atoms with Crippen LogP contribution in [0.2, 0.25) is 0 Å². The lowest BCUT2D eigenvalue weighted by atomic mass is 10.0. The van der Waals surface area contributed by atoms with E-state index < -0.39 is 26.6 Å². The predicted octanol–water partition coefficient (Wildman–Crippen LogP) is 15.5. The van der Waals surface area contributed by atoms with Crippen molar-refractivity contribution in [3.8, 4) is 0 Å². The minimum absolute atomic E-state index is 0.0122. The van der Waals surface area contributed by atoms with Gasteiger partial charge in [0.25, 0.3) is 7.82 Å². The number of likely N-dealkylation sites (N-methyl/N-ethyl adjacent to an activating group) is 1. The molecule has 1 amide bonds. The third kappa shape index (κ3) is 49.9. The maximum atomic E-state index is 12.9. The molecule has 2 N–H and O–H groups in total. The number of allylic oxidation sites excluding steroid dienone is 9.